The van der Waals surface area contributed by atoms with Crippen molar-refractivity contribution in [2.75, 3.05) is 26.8 Å². The fourth-order valence-corrected chi connectivity index (χ4v) is 6.32. The van der Waals surface area contributed by atoms with Gasteiger partial charge in [0, 0.05) is 23.0 Å². The molecule has 1 atom stereocenters. The summed E-state index contributed by atoms with van der Waals surface area (Å²) in [6, 6.07) is 22.2. The second-order valence-corrected chi connectivity index (χ2v) is 10.5. The minimum atomic E-state index is -0.442. The maximum atomic E-state index is 9.95. The zero-order valence-electron chi connectivity index (χ0n) is 19.3. The Balaban J connectivity index is 1.34. The number of hydrogen-bond acceptors (Lipinski definition) is 6. The van der Waals surface area contributed by atoms with Gasteiger partial charge in [-0.3, -0.25) is 9.30 Å². The maximum absolute atomic E-state index is 9.95. The summed E-state index contributed by atoms with van der Waals surface area (Å²) in [5, 5.41) is 20.1. The number of pyridine rings is 1. The Hall–Kier alpha value is -2.92. The quantitative estimate of drug-likeness (QED) is 0.400. The van der Waals surface area contributed by atoms with Crippen LogP contribution in [-0.4, -0.2) is 46.3 Å². The Morgan fingerprint density at radius 2 is 1.91 bits per heavy atom. The van der Waals surface area contributed by atoms with Crippen molar-refractivity contribution in [3.8, 4) is 6.07 Å². The Morgan fingerprint density at radius 1 is 1.06 bits per heavy atom. The minimum absolute atomic E-state index is 0.315. The molecule has 0 bridgehead atoms. The van der Waals surface area contributed by atoms with Gasteiger partial charge in [-0.1, -0.05) is 23.9 Å². The monoisotopic (exact) mass is 469 g/mol. The van der Waals surface area contributed by atoms with Crippen molar-refractivity contribution < 1.29 is 4.74 Å². The van der Waals surface area contributed by atoms with Gasteiger partial charge >= 0.3 is 0 Å². The first-order valence-electron chi connectivity index (χ1n) is 11.9. The van der Waals surface area contributed by atoms with Crippen LogP contribution in [0.1, 0.15) is 43.1 Å². The van der Waals surface area contributed by atoms with Crippen LogP contribution in [-0.2, 0) is 10.2 Å². The van der Waals surface area contributed by atoms with E-state index in [0.29, 0.717) is 19.3 Å². The molecule has 4 aromatic rings. The second-order valence-electron chi connectivity index (χ2n) is 9.38. The smallest absolute Gasteiger partial charge is 0.161 e. The van der Waals surface area contributed by atoms with E-state index in [-0.39, 0.29) is 0 Å². The Bertz CT molecular complexity index is 1400. The van der Waals surface area contributed by atoms with E-state index in [2.05, 4.69) is 87.2 Å². The summed E-state index contributed by atoms with van der Waals surface area (Å²) in [6.45, 7) is 2.39. The average Bonchev–Trinajstić information content (AvgIpc) is 3.50. The molecule has 0 aliphatic carbocycles. The molecular weight excluding hydrogens is 442 g/mol. The molecule has 2 aliphatic heterocycles. The van der Waals surface area contributed by atoms with Gasteiger partial charge in [-0.15, -0.1) is 10.2 Å². The molecule has 34 heavy (non-hydrogen) atoms. The zero-order chi connectivity index (χ0) is 23.1. The maximum Gasteiger partial charge on any atom is 0.161 e. The van der Waals surface area contributed by atoms with Crippen LogP contribution < -0.4 is 0 Å². The van der Waals surface area contributed by atoms with Crippen LogP contribution in [0.2, 0.25) is 0 Å². The number of aromatic nitrogens is 3. The molecule has 2 aromatic heterocycles. The second kappa shape index (κ2) is 8.70. The van der Waals surface area contributed by atoms with E-state index in [4.69, 9.17) is 4.74 Å². The van der Waals surface area contributed by atoms with Gasteiger partial charge in [-0.25, -0.2) is 0 Å². The molecule has 0 saturated carbocycles. The molecule has 2 fully saturated rings. The van der Waals surface area contributed by atoms with E-state index >= 15 is 0 Å². The molecule has 0 N–H and O–H groups in total. The Kier molecular flexibility index (Phi) is 5.53. The molecule has 4 heterocycles. The summed E-state index contributed by atoms with van der Waals surface area (Å²) in [7, 11) is 2.17. The van der Waals surface area contributed by atoms with Gasteiger partial charge in [0.1, 0.15) is 0 Å². The number of likely N-dealkylation sites (tertiary alicyclic amines) is 1. The first-order valence-corrected chi connectivity index (χ1v) is 12.7. The zero-order valence-corrected chi connectivity index (χ0v) is 20.1. The fourth-order valence-electron chi connectivity index (χ4n) is 5.39. The average molecular weight is 470 g/mol. The number of ether oxygens (including phenoxy) is 1. The molecule has 0 unspecified atom stereocenters. The summed E-state index contributed by atoms with van der Waals surface area (Å²) in [5.41, 5.74) is 2.69. The topological polar surface area (TPSA) is 66.5 Å². The standard InChI is InChI=1S/C27H27N5OS/c1-31-13-3-6-24(31)26-30-29-25-10-7-19-16-22(8-9-23(19)32(25)26)34-21-5-2-4-20(17-21)27(18-28)11-14-33-15-12-27/h2,4-5,7-10,16-17,24H,3,6,11-15H2,1H3/t24-/m1/s1. The highest BCUT2D eigenvalue weighted by Gasteiger charge is 2.34. The molecule has 2 aromatic carbocycles. The number of nitrogens with zero attached hydrogens (tertiary/aromatic N) is 5. The van der Waals surface area contributed by atoms with Gasteiger partial charge in [0.05, 0.1) is 23.0 Å². The van der Waals surface area contributed by atoms with Crippen molar-refractivity contribution in [1.82, 2.24) is 19.5 Å². The molecule has 7 heteroatoms. The lowest BCUT2D eigenvalue weighted by atomic mass is 9.75. The summed E-state index contributed by atoms with van der Waals surface area (Å²) < 4.78 is 7.74. The van der Waals surface area contributed by atoms with Gasteiger partial charge in [-0.05, 0) is 92.7 Å². The third-order valence-corrected chi connectivity index (χ3v) is 8.35. The van der Waals surface area contributed by atoms with Crippen molar-refractivity contribution >= 4 is 28.3 Å². The number of fused-ring (bicyclic) bond motifs is 3. The molecule has 2 saturated heterocycles. The SMILES string of the molecule is CN1CCC[C@@H]1c1nnc2ccc3cc(Sc4cccc(C5(C#N)CCOCC5)c4)ccc3n12. The van der Waals surface area contributed by atoms with Crippen molar-refractivity contribution in [3.05, 3.63) is 66.0 Å². The molecule has 0 spiro atoms. The van der Waals surface area contributed by atoms with Gasteiger partial charge < -0.3 is 4.74 Å². The third-order valence-electron chi connectivity index (χ3n) is 7.37. The first kappa shape index (κ1) is 21.6. The lowest BCUT2D eigenvalue weighted by Crippen LogP contribution is -2.32. The summed E-state index contributed by atoms with van der Waals surface area (Å²) in [5.74, 6) is 1.03. The molecule has 0 radical (unpaired) electrons. The van der Waals surface area contributed by atoms with E-state index in [1.807, 2.05) is 0 Å². The molecule has 6 rings (SSSR count). The van der Waals surface area contributed by atoms with Gasteiger partial charge in [0.2, 0.25) is 0 Å². The lowest BCUT2D eigenvalue weighted by Gasteiger charge is -2.31. The predicted octanol–water partition coefficient (Wildman–Crippen LogP) is 5.37. The van der Waals surface area contributed by atoms with E-state index in [0.717, 1.165) is 53.3 Å². The van der Waals surface area contributed by atoms with Gasteiger partial charge in [-0.2, -0.15) is 5.26 Å². The number of rotatable bonds is 4. The van der Waals surface area contributed by atoms with Crippen molar-refractivity contribution in [2.24, 2.45) is 0 Å². The normalized spacial score (nSPS) is 20.6. The Labute approximate surface area is 203 Å². The lowest BCUT2D eigenvalue weighted by molar-refractivity contribution is 0.0675. The van der Waals surface area contributed by atoms with E-state index < -0.39 is 5.41 Å². The summed E-state index contributed by atoms with van der Waals surface area (Å²) in [6.07, 6.45) is 3.82. The van der Waals surface area contributed by atoms with Crippen LogP contribution in [0.3, 0.4) is 0 Å². The van der Waals surface area contributed by atoms with E-state index in [9.17, 15) is 5.26 Å². The highest BCUT2D eigenvalue weighted by molar-refractivity contribution is 7.99. The summed E-state index contributed by atoms with van der Waals surface area (Å²) in [4.78, 5) is 4.70. The van der Waals surface area contributed by atoms with Gasteiger partial charge in [0.25, 0.3) is 0 Å². The van der Waals surface area contributed by atoms with Crippen molar-refractivity contribution in [2.45, 2.75) is 46.9 Å². The molecule has 0 amide bonds. The van der Waals surface area contributed by atoms with Crippen LogP contribution >= 0.6 is 11.8 Å². The number of nitriles is 1. The molecule has 172 valence electrons. The molecule has 2 aliphatic rings. The number of hydrogen-bond donors (Lipinski definition) is 0. The molecule has 6 nitrogen and oxygen atoms in total. The third kappa shape index (κ3) is 3.67. The van der Waals surface area contributed by atoms with E-state index in [1.54, 1.807) is 11.8 Å². The van der Waals surface area contributed by atoms with Gasteiger partial charge in [0.15, 0.2) is 11.5 Å². The van der Waals surface area contributed by atoms with Crippen LogP contribution in [0.25, 0.3) is 16.6 Å². The van der Waals surface area contributed by atoms with Crippen LogP contribution in [0.4, 0.5) is 0 Å². The van der Waals surface area contributed by atoms with Crippen LogP contribution in [0, 0.1) is 11.3 Å². The van der Waals surface area contributed by atoms with Crippen LogP contribution in [0.5, 0.6) is 0 Å². The largest absolute Gasteiger partial charge is 0.381 e. The minimum Gasteiger partial charge on any atom is -0.381 e. The van der Waals surface area contributed by atoms with Crippen LogP contribution in [0.15, 0.2) is 64.4 Å². The highest BCUT2D eigenvalue weighted by Crippen LogP contribution is 2.38. The van der Waals surface area contributed by atoms with Crippen molar-refractivity contribution in [1.29, 1.82) is 5.26 Å². The predicted molar refractivity (Wildman–Crippen MR) is 133 cm³/mol. The summed E-state index contributed by atoms with van der Waals surface area (Å²) >= 11 is 1.74. The number of benzene rings is 2. The first-order chi connectivity index (χ1) is 16.7. The van der Waals surface area contributed by atoms with Crippen molar-refractivity contribution in [3.63, 3.8) is 0 Å². The Morgan fingerprint density at radius 3 is 2.71 bits per heavy atom. The highest BCUT2D eigenvalue weighted by atomic mass is 32.2. The molecular formula is C27H27N5OS. The fraction of sp³-hybridized carbons (Fsp3) is 0.370. The van der Waals surface area contributed by atoms with E-state index in [1.165, 1.54) is 16.7 Å².